The van der Waals surface area contributed by atoms with Gasteiger partial charge in [-0.05, 0) is 0 Å². The lowest BCUT2D eigenvalue weighted by Crippen LogP contribution is -1.97. The number of hydrogen-bond acceptors (Lipinski definition) is 4. The van der Waals surface area contributed by atoms with E-state index in [0.717, 1.165) is 13.4 Å². The standard InChI is InChI=1S/C3H3O4/c1-3(5)7-6-2-4/h1H3. The van der Waals surface area contributed by atoms with Gasteiger partial charge in [0.05, 0.1) is 0 Å². The predicted octanol–water partition coefficient (Wildman–Crippen LogP) is -0.452. The summed E-state index contributed by atoms with van der Waals surface area (Å²) in [6.45, 7) is 2.01. The molecule has 39 valence electrons. The lowest BCUT2D eigenvalue weighted by Gasteiger charge is -1.86. The monoisotopic (exact) mass is 103 g/mol. The van der Waals surface area contributed by atoms with Crippen molar-refractivity contribution in [3.05, 3.63) is 0 Å². The Morgan fingerprint density at radius 2 is 2.29 bits per heavy atom. The molecule has 4 heteroatoms. The Kier molecular flexibility index (Phi) is 2.67. The van der Waals surface area contributed by atoms with Gasteiger partial charge in [-0.15, -0.1) is 0 Å². The van der Waals surface area contributed by atoms with Crippen molar-refractivity contribution in [2.24, 2.45) is 0 Å². The van der Waals surface area contributed by atoms with E-state index in [-0.39, 0.29) is 0 Å². The highest BCUT2D eigenvalue weighted by Crippen LogP contribution is 1.71. The molecule has 0 aromatic heterocycles. The first-order valence-electron chi connectivity index (χ1n) is 1.48. The van der Waals surface area contributed by atoms with Crippen LogP contribution in [-0.4, -0.2) is 12.4 Å². The van der Waals surface area contributed by atoms with Gasteiger partial charge in [0.25, 0.3) is 0 Å². The van der Waals surface area contributed by atoms with Crippen molar-refractivity contribution in [2.75, 3.05) is 0 Å². The van der Waals surface area contributed by atoms with E-state index in [1.165, 1.54) is 0 Å². The molecule has 0 saturated carbocycles. The van der Waals surface area contributed by atoms with Gasteiger partial charge in [-0.3, -0.25) is 0 Å². The van der Waals surface area contributed by atoms with E-state index in [2.05, 4.69) is 9.78 Å². The summed E-state index contributed by atoms with van der Waals surface area (Å²) < 4.78 is 0. The highest BCUT2D eigenvalue weighted by molar-refractivity contribution is 5.65. The molecule has 0 aliphatic rings. The molecule has 0 heterocycles. The second-order valence-electron chi connectivity index (χ2n) is 0.742. The summed E-state index contributed by atoms with van der Waals surface area (Å²) in [7, 11) is 0. The Morgan fingerprint density at radius 3 is 2.43 bits per heavy atom. The number of carbonyl (C=O) groups is 1. The normalized spacial score (nSPS) is 7.00. The van der Waals surface area contributed by atoms with Gasteiger partial charge in [0.15, 0.2) is 0 Å². The third kappa shape index (κ3) is 4.94. The minimum Gasteiger partial charge on any atom is -0.248 e. The molecule has 0 spiro atoms. The maximum Gasteiger partial charge on any atom is 0.467 e. The number of hydrogen-bond donors (Lipinski definition) is 0. The highest BCUT2D eigenvalue weighted by atomic mass is 17.2. The summed E-state index contributed by atoms with van der Waals surface area (Å²) in [5.74, 6) is -0.677. The Balaban J connectivity index is 2.97. The minimum atomic E-state index is -0.677. The van der Waals surface area contributed by atoms with Crippen molar-refractivity contribution in [1.29, 1.82) is 0 Å². The third-order valence-electron chi connectivity index (χ3n) is 0.193. The first-order valence-corrected chi connectivity index (χ1v) is 1.48. The number of carbonyl (C=O) groups excluding carboxylic acids is 2. The van der Waals surface area contributed by atoms with Crippen molar-refractivity contribution in [3.8, 4) is 0 Å². The smallest absolute Gasteiger partial charge is 0.248 e. The molecular weight excluding hydrogens is 100 g/mol. The van der Waals surface area contributed by atoms with Crippen molar-refractivity contribution in [2.45, 2.75) is 6.92 Å². The molecule has 0 bridgehead atoms. The first kappa shape index (κ1) is 5.94. The molecule has 0 N–H and O–H groups in total. The molecule has 0 fully saturated rings. The SMILES string of the molecule is CC(=O)OO[C]=O. The molecule has 0 aliphatic heterocycles. The topological polar surface area (TPSA) is 52.6 Å². The van der Waals surface area contributed by atoms with E-state index < -0.39 is 5.97 Å². The van der Waals surface area contributed by atoms with E-state index >= 15 is 0 Å². The molecule has 0 aromatic rings. The fourth-order valence-corrected chi connectivity index (χ4v) is 0.0757. The highest BCUT2D eigenvalue weighted by Gasteiger charge is 1.88. The zero-order chi connectivity index (χ0) is 5.70. The van der Waals surface area contributed by atoms with Crippen molar-refractivity contribution >= 4 is 12.4 Å². The van der Waals surface area contributed by atoms with Crippen molar-refractivity contribution in [3.63, 3.8) is 0 Å². The van der Waals surface area contributed by atoms with Crippen LogP contribution in [0.4, 0.5) is 0 Å². The van der Waals surface area contributed by atoms with E-state index in [4.69, 9.17) is 4.79 Å². The summed E-state index contributed by atoms with van der Waals surface area (Å²) in [4.78, 5) is 25.8. The van der Waals surface area contributed by atoms with Crippen LogP contribution in [0, 0.1) is 0 Å². The molecule has 0 aromatic carbocycles. The van der Waals surface area contributed by atoms with Crippen LogP contribution >= 0.6 is 0 Å². The van der Waals surface area contributed by atoms with Crippen molar-refractivity contribution < 1.29 is 19.4 Å². The molecule has 0 atom stereocenters. The van der Waals surface area contributed by atoms with Gasteiger partial charge >= 0.3 is 12.4 Å². The third-order valence-corrected chi connectivity index (χ3v) is 0.193. The van der Waals surface area contributed by atoms with Crippen LogP contribution in [0.2, 0.25) is 0 Å². The van der Waals surface area contributed by atoms with E-state index in [0.29, 0.717) is 0 Å². The Hall–Kier alpha value is -1.06. The van der Waals surface area contributed by atoms with Gasteiger partial charge < -0.3 is 0 Å². The molecule has 0 saturated heterocycles. The van der Waals surface area contributed by atoms with Crippen LogP contribution in [0.1, 0.15) is 6.92 Å². The molecule has 1 radical (unpaired) electrons. The molecule has 4 nitrogen and oxygen atoms in total. The summed E-state index contributed by atoms with van der Waals surface area (Å²) in [5, 5.41) is 0. The largest absolute Gasteiger partial charge is 0.467 e. The van der Waals surface area contributed by atoms with Crippen LogP contribution in [-0.2, 0) is 19.4 Å². The van der Waals surface area contributed by atoms with E-state index in [1.807, 2.05) is 0 Å². The summed E-state index contributed by atoms with van der Waals surface area (Å²) in [5.41, 5.74) is 0. The van der Waals surface area contributed by atoms with E-state index in [1.54, 1.807) is 0 Å². The summed E-state index contributed by atoms with van der Waals surface area (Å²) >= 11 is 0. The van der Waals surface area contributed by atoms with Gasteiger partial charge in [-0.2, -0.15) is 0 Å². The van der Waals surface area contributed by atoms with Crippen LogP contribution in [0.15, 0.2) is 0 Å². The summed E-state index contributed by atoms with van der Waals surface area (Å²) in [6, 6.07) is 0. The van der Waals surface area contributed by atoms with Crippen LogP contribution in [0.5, 0.6) is 0 Å². The Bertz CT molecular complexity index is 77.0. The van der Waals surface area contributed by atoms with Gasteiger partial charge in [0.2, 0.25) is 0 Å². The molecule has 7 heavy (non-hydrogen) atoms. The molecular formula is C3H3O4. The molecule has 0 amide bonds. The average molecular weight is 103 g/mol. The van der Waals surface area contributed by atoms with E-state index in [9.17, 15) is 4.79 Å². The molecule has 0 aliphatic carbocycles. The van der Waals surface area contributed by atoms with Crippen LogP contribution in [0.3, 0.4) is 0 Å². The lowest BCUT2D eigenvalue weighted by atomic mass is 10.8. The van der Waals surface area contributed by atoms with Gasteiger partial charge in [-0.1, -0.05) is 0 Å². The van der Waals surface area contributed by atoms with Gasteiger partial charge in [-0.25, -0.2) is 19.4 Å². The van der Waals surface area contributed by atoms with Crippen LogP contribution < -0.4 is 0 Å². The predicted molar refractivity (Wildman–Crippen MR) is 18.5 cm³/mol. The van der Waals surface area contributed by atoms with Gasteiger partial charge in [0.1, 0.15) is 0 Å². The first-order chi connectivity index (χ1) is 3.27. The fourth-order valence-electron chi connectivity index (χ4n) is 0.0757. The molecule has 0 rings (SSSR count). The Labute approximate surface area is 39.9 Å². The van der Waals surface area contributed by atoms with Gasteiger partial charge in [0, 0.05) is 6.92 Å². The zero-order valence-electron chi connectivity index (χ0n) is 3.63. The lowest BCUT2D eigenvalue weighted by molar-refractivity contribution is -0.219. The second-order valence-corrected chi connectivity index (χ2v) is 0.742. The summed E-state index contributed by atoms with van der Waals surface area (Å²) in [6.07, 6.45) is 0. The molecule has 0 unspecified atom stereocenters. The Morgan fingerprint density at radius 1 is 1.71 bits per heavy atom. The average Bonchev–Trinajstić information content (AvgIpc) is 1.61. The minimum absolute atomic E-state index is 0.677. The number of rotatable bonds is 2. The maximum atomic E-state index is 9.68. The maximum absolute atomic E-state index is 9.68. The van der Waals surface area contributed by atoms with Crippen LogP contribution in [0.25, 0.3) is 0 Å². The quantitative estimate of drug-likeness (QED) is 0.351. The fraction of sp³-hybridized carbons (Fsp3) is 0.333. The zero-order valence-corrected chi connectivity index (χ0v) is 3.63. The second kappa shape index (κ2) is 3.14. The van der Waals surface area contributed by atoms with Crippen molar-refractivity contribution in [1.82, 2.24) is 0 Å².